The Bertz CT molecular complexity index is 399. The first-order chi connectivity index (χ1) is 9.70. The molecule has 0 spiro atoms. The van der Waals surface area contributed by atoms with Gasteiger partial charge >= 0.3 is 0 Å². The number of thiol groups is 2. The zero-order valence-corrected chi connectivity index (χ0v) is 16.4. The molecule has 0 amide bonds. The highest BCUT2D eigenvalue weighted by Crippen LogP contribution is 2.73. The smallest absolute Gasteiger partial charge is 0.0104 e. The van der Waals surface area contributed by atoms with Crippen LogP contribution in [0, 0.1) is 53.3 Å². The Labute approximate surface area is 143 Å². The summed E-state index contributed by atoms with van der Waals surface area (Å²) < 4.78 is 0.181. The van der Waals surface area contributed by atoms with E-state index in [9.17, 15) is 0 Å². The molecule has 3 aliphatic carbocycles. The third-order valence-corrected chi connectivity index (χ3v) is 8.95. The van der Waals surface area contributed by atoms with Gasteiger partial charge in [0.2, 0.25) is 0 Å². The van der Waals surface area contributed by atoms with E-state index in [1.165, 1.54) is 12.8 Å². The predicted octanol–water partition coefficient (Wildman–Crippen LogP) is 5.44. The summed E-state index contributed by atoms with van der Waals surface area (Å²) in [5.41, 5.74) is 0. The van der Waals surface area contributed by atoms with E-state index in [1.54, 1.807) is 0 Å². The van der Waals surface area contributed by atoms with Crippen LogP contribution in [0.1, 0.15) is 54.4 Å². The van der Waals surface area contributed by atoms with E-state index in [0.717, 1.165) is 53.3 Å². The van der Waals surface area contributed by atoms with Crippen molar-refractivity contribution >= 4 is 25.3 Å². The van der Waals surface area contributed by atoms with E-state index in [4.69, 9.17) is 25.3 Å². The Kier molecular flexibility index (Phi) is 4.23. The van der Waals surface area contributed by atoms with Crippen LogP contribution in [0.15, 0.2) is 0 Å². The average Bonchev–Trinajstić information content (AvgIpc) is 2.65. The van der Waals surface area contributed by atoms with Crippen molar-refractivity contribution < 1.29 is 0 Å². The number of hydrogen-bond donors (Lipinski definition) is 2. The minimum atomic E-state index is 0.181. The third-order valence-electron chi connectivity index (χ3n) is 7.93. The molecule has 0 radical (unpaired) electrons. The first kappa shape index (κ1) is 16.6. The third kappa shape index (κ3) is 2.25. The van der Waals surface area contributed by atoms with Crippen LogP contribution in [-0.2, 0) is 0 Å². The Morgan fingerprint density at radius 2 is 1.76 bits per heavy atom. The van der Waals surface area contributed by atoms with Gasteiger partial charge in [-0.2, -0.15) is 25.3 Å². The maximum absolute atomic E-state index is 5.05. The zero-order valence-electron chi connectivity index (χ0n) is 14.6. The Balaban J connectivity index is 1.75. The SMILES string of the molecule is CCC(C)C(C)C1C2C3C(C)C(C(C)(C)S)C[C@@H]3C2[C@@H]1S. The van der Waals surface area contributed by atoms with Crippen LogP contribution >= 0.6 is 25.3 Å². The van der Waals surface area contributed by atoms with Crippen molar-refractivity contribution in [3.8, 4) is 0 Å². The molecule has 0 saturated heterocycles. The molecule has 0 heterocycles. The highest BCUT2D eigenvalue weighted by Gasteiger charge is 2.70. The quantitative estimate of drug-likeness (QED) is 0.631. The summed E-state index contributed by atoms with van der Waals surface area (Å²) in [5, 5.41) is 0.675. The first-order valence-corrected chi connectivity index (χ1v) is 10.1. The molecule has 0 aromatic rings. The molecule has 3 rings (SSSR count). The Hall–Kier alpha value is 0.700. The second kappa shape index (κ2) is 5.36. The van der Waals surface area contributed by atoms with E-state index in [1.807, 2.05) is 0 Å². The maximum Gasteiger partial charge on any atom is 0.0104 e. The summed E-state index contributed by atoms with van der Waals surface area (Å²) in [6.45, 7) is 14.4. The lowest BCUT2D eigenvalue weighted by molar-refractivity contribution is -0.163. The first-order valence-electron chi connectivity index (χ1n) is 9.10. The fraction of sp³-hybridized carbons (Fsp3) is 1.00. The largest absolute Gasteiger partial charge is 0.175 e. The van der Waals surface area contributed by atoms with Gasteiger partial charge in [-0.25, -0.2) is 0 Å². The van der Waals surface area contributed by atoms with Gasteiger partial charge in [0.1, 0.15) is 0 Å². The van der Waals surface area contributed by atoms with Gasteiger partial charge in [-0.15, -0.1) is 0 Å². The van der Waals surface area contributed by atoms with E-state index in [0.29, 0.717) is 5.25 Å². The predicted molar refractivity (Wildman–Crippen MR) is 99.2 cm³/mol. The van der Waals surface area contributed by atoms with E-state index in [2.05, 4.69) is 41.5 Å². The summed E-state index contributed by atoms with van der Waals surface area (Å²) in [5.74, 6) is 8.07. The molecule has 3 fully saturated rings. The monoisotopic (exact) mass is 326 g/mol. The van der Waals surface area contributed by atoms with Crippen LogP contribution in [0.4, 0.5) is 0 Å². The maximum atomic E-state index is 5.05. The van der Waals surface area contributed by atoms with Crippen LogP contribution in [0.2, 0.25) is 0 Å². The van der Waals surface area contributed by atoms with Crippen LogP contribution < -0.4 is 0 Å². The van der Waals surface area contributed by atoms with Gasteiger partial charge in [0.15, 0.2) is 0 Å². The van der Waals surface area contributed by atoms with Gasteiger partial charge in [0, 0.05) is 10.00 Å². The van der Waals surface area contributed by atoms with Crippen molar-refractivity contribution in [2.24, 2.45) is 53.3 Å². The molecule has 0 aromatic carbocycles. The van der Waals surface area contributed by atoms with Crippen molar-refractivity contribution in [3.05, 3.63) is 0 Å². The molecule has 122 valence electrons. The molecule has 0 bridgehead atoms. The summed E-state index contributed by atoms with van der Waals surface area (Å²) in [7, 11) is 0. The molecule has 10 atom stereocenters. The van der Waals surface area contributed by atoms with Gasteiger partial charge in [-0.05, 0) is 59.7 Å². The molecule has 3 saturated carbocycles. The molecule has 0 nitrogen and oxygen atoms in total. The minimum Gasteiger partial charge on any atom is -0.175 e. The number of fused-ring (bicyclic) bond motifs is 4. The summed E-state index contributed by atoms with van der Waals surface area (Å²) in [6.07, 6.45) is 2.72. The van der Waals surface area contributed by atoms with Crippen molar-refractivity contribution in [1.29, 1.82) is 0 Å². The topological polar surface area (TPSA) is 0 Å². The van der Waals surface area contributed by atoms with Crippen LogP contribution in [0.25, 0.3) is 0 Å². The van der Waals surface area contributed by atoms with Gasteiger partial charge in [0.25, 0.3) is 0 Å². The molecular formula is C19H34S2. The molecule has 0 N–H and O–H groups in total. The van der Waals surface area contributed by atoms with Crippen molar-refractivity contribution in [2.45, 2.75) is 64.4 Å². The molecule has 21 heavy (non-hydrogen) atoms. The van der Waals surface area contributed by atoms with Crippen molar-refractivity contribution in [2.75, 3.05) is 0 Å². The average molecular weight is 327 g/mol. The molecule has 8 unspecified atom stereocenters. The summed E-state index contributed by atoms with van der Waals surface area (Å²) in [4.78, 5) is 0. The van der Waals surface area contributed by atoms with E-state index < -0.39 is 0 Å². The van der Waals surface area contributed by atoms with Crippen molar-refractivity contribution in [3.63, 3.8) is 0 Å². The lowest BCUT2D eigenvalue weighted by Crippen LogP contribution is -2.67. The minimum absolute atomic E-state index is 0.181. The fourth-order valence-corrected chi connectivity index (χ4v) is 7.68. The molecular weight excluding hydrogens is 292 g/mol. The number of rotatable bonds is 4. The highest BCUT2D eigenvalue weighted by atomic mass is 32.1. The zero-order chi connectivity index (χ0) is 15.7. The summed E-state index contributed by atoms with van der Waals surface area (Å²) in [6, 6.07) is 0. The van der Waals surface area contributed by atoms with Gasteiger partial charge in [-0.1, -0.05) is 48.0 Å². The summed E-state index contributed by atoms with van der Waals surface area (Å²) >= 11 is 9.96. The standard InChI is InChI=1S/C19H34S2/c1-7-9(2)10(3)15-17-14-11(4)13(19(5,6)21)8-12(14)16(17)18(15)20/h9-18,20-21H,7-8H2,1-6H3/t9?,10?,11?,12-,13?,14?,15?,16?,17?,18+/m0/s1. The molecule has 2 heteroatoms. The number of hydrogen-bond acceptors (Lipinski definition) is 2. The Morgan fingerprint density at radius 3 is 2.29 bits per heavy atom. The highest BCUT2D eigenvalue weighted by molar-refractivity contribution is 7.81. The second-order valence-corrected chi connectivity index (χ2v) is 10.8. The second-order valence-electron chi connectivity index (χ2n) is 9.06. The molecule has 0 aliphatic heterocycles. The Morgan fingerprint density at radius 1 is 1.14 bits per heavy atom. The van der Waals surface area contributed by atoms with Gasteiger partial charge < -0.3 is 0 Å². The molecule has 3 aliphatic rings. The van der Waals surface area contributed by atoms with Crippen LogP contribution in [0.3, 0.4) is 0 Å². The van der Waals surface area contributed by atoms with Crippen LogP contribution in [0.5, 0.6) is 0 Å². The van der Waals surface area contributed by atoms with Crippen molar-refractivity contribution in [1.82, 2.24) is 0 Å². The lowest BCUT2D eigenvalue weighted by Gasteiger charge is -2.68. The van der Waals surface area contributed by atoms with E-state index >= 15 is 0 Å². The molecule has 0 aromatic heterocycles. The van der Waals surface area contributed by atoms with Gasteiger partial charge in [-0.3, -0.25) is 0 Å². The van der Waals surface area contributed by atoms with Crippen LogP contribution in [-0.4, -0.2) is 10.00 Å². The van der Waals surface area contributed by atoms with E-state index in [-0.39, 0.29) is 4.75 Å². The van der Waals surface area contributed by atoms with Gasteiger partial charge in [0.05, 0.1) is 0 Å². The normalized spacial score (nSPS) is 51.4. The lowest BCUT2D eigenvalue weighted by atomic mass is 9.39. The fourth-order valence-electron chi connectivity index (χ4n) is 6.45.